The summed E-state index contributed by atoms with van der Waals surface area (Å²) in [4.78, 5) is 0. The molecule has 0 spiro atoms. The molecule has 18 heavy (non-hydrogen) atoms. The van der Waals surface area contributed by atoms with Gasteiger partial charge in [0.15, 0.2) is 0 Å². The Morgan fingerprint density at radius 1 is 1.33 bits per heavy atom. The van der Waals surface area contributed by atoms with Gasteiger partial charge in [0.1, 0.15) is 15.7 Å². The Labute approximate surface area is 108 Å². The van der Waals surface area contributed by atoms with Crippen molar-refractivity contribution >= 4 is 9.84 Å². The van der Waals surface area contributed by atoms with Crippen LogP contribution in [0, 0.1) is 5.82 Å². The molecule has 0 bridgehead atoms. The van der Waals surface area contributed by atoms with Crippen LogP contribution in [0.4, 0.5) is 4.39 Å². The van der Waals surface area contributed by atoms with Crippen molar-refractivity contribution in [1.29, 1.82) is 0 Å². The average Bonchev–Trinajstić information content (AvgIpc) is 2.27. The van der Waals surface area contributed by atoms with E-state index in [1.54, 1.807) is 18.2 Å². The molecular formula is C13H20FNO2S. The molecule has 1 aromatic carbocycles. The zero-order chi connectivity index (χ0) is 13.8. The van der Waals surface area contributed by atoms with E-state index in [1.807, 2.05) is 6.92 Å². The summed E-state index contributed by atoms with van der Waals surface area (Å²) in [6.07, 6.45) is 2.66. The third kappa shape index (κ3) is 4.07. The molecule has 0 aromatic heterocycles. The third-order valence-electron chi connectivity index (χ3n) is 3.18. The van der Waals surface area contributed by atoms with Gasteiger partial charge in [0.2, 0.25) is 0 Å². The Kier molecular flexibility index (Phi) is 4.87. The first-order valence-corrected chi connectivity index (χ1v) is 8.06. The van der Waals surface area contributed by atoms with Crippen LogP contribution in [0.2, 0.25) is 0 Å². The minimum absolute atomic E-state index is 0.0837. The van der Waals surface area contributed by atoms with Gasteiger partial charge in [-0.05, 0) is 25.3 Å². The smallest absolute Gasteiger partial charge is 0.147 e. The summed E-state index contributed by atoms with van der Waals surface area (Å²) < 4.78 is 35.9. The summed E-state index contributed by atoms with van der Waals surface area (Å²) in [7, 11) is -3.00. The molecule has 1 atom stereocenters. The highest BCUT2D eigenvalue weighted by molar-refractivity contribution is 7.90. The molecule has 0 radical (unpaired) electrons. The van der Waals surface area contributed by atoms with Crippen molar-refractivity contribution in [3.05, 3.63) is 35.6 Å². The maximum Gasteiger partial charge on any atom is 0.147 e. The van der Waals surface area contributed by atoms with E-state index in [0.29, 0.717) is 24.8 Å². The average molecular weight is 273 g/mol. The molecule has 5 heteroatoms. The summed E-state index contributed by atoms with van der Waals surface area (Å²) in [5.41, 5.74) is 5.88. The van der Waals surface area contributed by atoms with Gasteiger partial charge in [-0.2, -0.15) is 0 Å². The summed E-state index contributed by atoms with van der Waals surface area (Å²) in [6.45, 7) is 1.88. The second-order valence-corrected chi connectivity index (χ2v) is 6.98. The Hall–Kier alpha value is -0.940. The molecule has 0 heterocycles. The molecular weight excluding hydrogens is 253 g/mol. The number of benzene rings is 1. The molecule has 0 amide bonds. The van der Waals surface area contributed by atoms with Crippen LogP contribution in [0.5, 0.6) is 0 Å². The molecule has 1 rings (SSSR count). The second kappa shape index (κ2) is 5.80. The number of rotatable bonds is 6. The lowest BCUT2D eigenvalue weighted by molar-refractivity contribution is 0.372. The van der Waals surface area contributed by atoms with E-state index in [2.05, 4.69) is 0 Å². The molecule has 2 N–H and O–H groups in total. The maximum atomic E-state index is 13.7. The minimum atomic E-state index is -3.00. The third-order valence-corrected chi connectivity index (χ3v) is 4.21. The van der Waals surface area contributed by atoms with E-state index >= 15 is 0 Å². The Balaban J connectivity index is 2.83. The quantitative estimate of drug-likeness (QED) is 0.864. The van der Waals surface area contributed by atoms with E-state index in [4.69, 9.17) is 5.73 Å². The van der Waals surface area contributed by atoms with Crippen LogP contribution in [-0.2, 0) is 15.4 Å². The monoisotopic (exact) mass is 273 g/mol. The zero-order valence-corrected chi connectivity index (χ0v) is 11.6. The van der Waals surface area contributed by atoms with E-state index in [0.717, 1.165) is 0 Å². The number of nitrogens with two attached hydrogens (primary N) is 1. The molecule has 0 aliphatic heterocycles. The normalized spacial score (nSPS) is 15.3. The Morgan fingerprint density at radius 3 is 2.44 bits per heavy atom. The van der Waals surface area contributed by atoms with Gasteiger partial charge in [-0.25, -0.2) is 12.8 Å². The highest BCUT2D eigenvalue weighted by atomic mass is 32.2. The minimum Gasteiger partial charge on any atom is -0.321 e. The number of hydrogen-bond donors (Lipinski definition) is 1. The fourth-order valence-electron chi connectivity index (χ4n) is 2.02. The Bertz CT molecular complexity index is 501. The molecule has 0 aliphatic rings. The van der Waals surface area contributed by atoms with Crippen molar-refractivity contribution in [1.82, 2.24) is 0 Å². The largest absolute Gasteiger partial charge is 0.321 e. The first-order valence-electron chi connectivity index (χ1n) is 6.00. The molecule has 1 aromatic rings. The van der Waals surface area contributed by atoms with E-state index < -0.39 is 15.4 Å². The van der Waals surface area contributed by atoms with Crippen LogP contribution >= 0.6 is 0 Å². The van der Waals surface area contributed by atoms with Crippen molar-refractivity contribution in [3.8, 4) is 0 Å². The lowest BCUT2D eigenvalue weighted by Gasteiger charge is -2.29. The van der Waals surface area contributed by atoms with E-state index in [-0.39, 0.29) is 11.6 Å². The number of halogens is 1. The number of sulfone groups is 1. The SMILES string of the molecule is CCC(N)(CCCS(C)(=O)=O)c1ccccc1F. The van der Waals surface area contributed by atoms with Crippen LogP contribution in [0.15, 0.2) is 24.3 Å². The fourth-order valence-corrected chi connectivity index (χ4v) is 2.69. The fraction of sp³-hybridized carbons (Fsp3) is 0.538. The summed E-state index contributed by atoms with van der Waals surface area (Å²) >= 11 is 0. The van der Waals surface area contributed by atoms with Crippen molar-refractivity contribution < 1.29 is 12.8 Å². The molecule has 0 saturated carbocycles. The van der Waals surface area contributed by atoms with Crippen LogP contribution in [-0.4, -0.2) is 20.4 Å². The predicted octanol–water partition coefficient (Wildman–Crippen LogP) is 2.21. The summed E-state index contributed by atoms with van der Waals surface area (Å²) in [5.74, 6) is -0.248. The topological polar surface area (TPSA) is 60.2 Å². The predicted molar refractivity (Wildman–Crippen MR) is 71.5 cm³/mol. The van der Waals surface area contributed by atoms with Gasteiger partial charge in [-0.15, -0.1) is 0 Å². The summed E-state index contributed by atoms with van der Waals surface area (Å²) in [6, 6.07) is 6.40. The van der Waals surface area contributed by atoms with Gasteiger partial charge in [0.05, 0.1) is 0 Å². The highest BCUT2D eigenvalue weighted by Gasteiger charge is 2.27. The van der Waals surface area contributed by atoms with E-state index in [9.17, 15) is 12.8 Å². The van der Waals surface area contributed by atoms with Gasteiger partial charge < -0.3 is 5.73 Å². The summed E-state index contributed by atoms with van der Waals surface area (Å²) in [5, 5.41) is 0. The van der Waals surface area contributed by atoms with Gasteiger partial charge in [-0.1, -0.05) is 25.1 Å². The zero-order valence-electron chi connectivity index (χ0n) is 10.8. The van der Waals surface area contributed by atoms with Crippen molar-refractivity contribution in [2.45, 2.75) is 31.7 Å². The van der Waals surface area contributed by atoms with Crippen LogP contribution in [0.1, 0.15) is 31.7 Å². The molecule has 1 unspecified atom stereocenters. The molecule has 3 nitrogen and oxygen atoms in total. The van der Waals surface area contributed by atoms with Gasteiger partial charge in [0.25, 0.3) is 0 Å². The van der Waals surface area contributed by atoms with Crippen LogP contribution in [0.3, 0.4) is 0 Å². The van der Waals surface area contributed by atoms with Gasteiger partial charge >= 0.3 is 0 Å². The Morgan fingerprint density at radius 2 is 1.94 bits per heavy atom. The van der Waals surface area contributed by atoms with Crippen molar-refractivity contribution in [2.75, 3.05) is 12.0 Å². The van der Waals surface area contributed by atoms with Crippen LogP contribution in [0.25, 0.3) is 0 Å². The lowest BCUT2D eigenvalue weighted by Crippen LogP contribution is -2.37. The molecule has 0 aliphatic carbocycles. The maximum absolute atomic E-state index is 13.7. The highest BCUT2D eigenvalue weighted by Crippen LogP contribution is 2.29. The van der Waals surface area contributed by atoms with Gasteiger partial charge in [0, 0.05) is 23.1 Å². The molecule has 0 saturated heterocycles. The lowest BCUT2D eigenvalue weighted by atomic mass is 9.84. The van der Waals surface area contributed by atoms with E-state index in [1.165, 1.54) is 12.3 Å². The van der Waals surface area contributed by atoms with Crippen LogP contribution < -0.4 is 5.73 Å². The molecule has 102 valence electrons. The van der Waals surface area contributed by atoms with Crippen molar-refractivity contribution in [3.63, 3.8) is 0 Å². The first-order chi connectivity index (χ1) is 8.28. The number of hydrogen-bond acceptors (Lipinski definition) is 3. The first kappa shape index (κ1) is 15.1. The van der Waals surface area contributed by atoms with Gasteiger partial charge in [-0.3, -0.25) is 0 Å². The molecule has 0 fully saturated rings. The standard InChI is InChI=1S/C13H20FNO2S/c1-3-13(15,9-6-10-18(2,16)17)11-7-4-5-8-12(11)14/h4-5,7-8H,3,6,9-10,15H2,1-2H3. The second-order valence-electron chi connectivity index (χ2n) is 4.72. The van der Waals surface area contributed by atoms with Crippen molar-refractivity contribution in [2.24, 2.45) is 5.73 Å².